The molecule has 0 saturated carbocycles. The van der Waals surface area contributed by atoms with Crippen molar-refractivity contribution >= 4 is 5.65 Å². The molecule has 13 heavy (non-hydrogen) atoms. The lowest BCUT2D eigenvalue weighted by Gasteiger charge is -1.94. The van der Waals surface area contributed by atoms with E-state index in [0.29, 0.717) is 6.54 Å². The maximum atomic E-state index is 5.52. The summed E-state index contributed by atoms with van der Waals surface area (Å²) in [6.07, 6.45) is 2.75. The quantitative estimate of drug-likeness (QED) is 0.734. The van der Waals surface area contributed by atoms with Gasteiger partial charge in [-0.15, -0.1) is 0 Å². The number of nitrogens with two attached hydrogens (primary N) is 1. The molecule has 0 unspecified atom stereocenters. The summed E-state index contributed by atoms with van der Waals surface area (Å²) < 4.78 is 1.78. The zero-order valence-corrected chi connectivity index (χ0v) is 7.57. The third kappa shape index (κ3) is 1.40. The number of aromatic nitrogens is 3. The summed E-state index contributed by atoms with van der Waals surface area (Å²) in [7, 11) is 0. The first-order valence-electron chi connectivity index (χ1n) is 4.37. The van der Waals surface area contributed by atoms with E-state index in [-0.39, 0.29) is 0 Å². The monoisotopic (exact) mass is 176 g/mol. The molecule has 68 valence electrons. The van der Waals surface area contributed by atoms with E-state index in [0.717, 1.165) is 23.5 Å². The van der Waals surface area contributed by atoms with E-state index in [1.165, 1.54) is 0 Å². The van der Waals surface area contributed by atoms with E-state index in [1.807, 2.05) is 25.3 Å². The van der Waals surface area contributed by atoms with Crippen LogP contribution in [0.2, 0.25) is 0 Å². The van der Waals surface area contributed by atoms with Gasteiger partial charge in [-0.05, 0) is 17.7 Å². The summed E-state index contributed by atoms with van der Waals surface area (Å²) in [5, 5.41) is 4.27. The molecule has 0 radical (unpaired) electrons. The van der Waals surface area contributed by atoms with Crippen LogP contribution >= 0.6 is 0 Å². The molecule has 0 aliphatic carbocycles. The Kier molecular flexibility index (Phi) is 1.98. The maximum Gasteiger partial charge on any atom is 0.155 e. The Balaban J connectivity index is 2.57. The maximum absolute atomic E-state index is 5.52. The highest BCUT2D eigenvalue weighted by Crippen LogP contribution is 2.05. The van der Waals surface area contributed by atoms with E-state index in [4.69, 9.17) is 5.73 Å². The number of hydrogen-bond acceptors (Lipinski definition) is 3. The molecule has 0 amide bonds. The van der Waals surface area contributed by atoms with E-state index >= 15 is 0 Å². The topological polar surface area (TPSA) is 56.2 Å². The van der Waals surface area contributed by atoms with Crippen molar-refractivity contribution in [2.75, 3.05) is 0 Å². The van der Waals surface area contributed by atoms with Gasteiger partial charge in [0.05, 0.1) is 0 Å². The Morgan fingerprint density at radius 2 is 2.38 bits per heavy atom. The normalized spacial score (nSPS) is 10.9. The van der Waals surface area contributed by atoms with Crippen LogP contribution in [-0.4, -0.2) is 14.6 Å². The van der Waals surface area contributed by atoms with E-state index in [1.54, 1.807) is 4.52 Å². The van der Waals surface area contributed by atoms with E-state index < -0.39 is 0 Å². The Morgan fingerprint density at radius 1 is 1.54 bits per heavy atom. The lowest BCUT2D eigenvalue weighted by Crippen LogP contribution is -1.97. The number of rotatable bonds is 2. The largest absolute Gasteiger partial charge is 0.326 e. The zero-order chi connectivity index (χ0) is 9.26. The molecule has 0 saturated heterocycles. The van der Waals surface area contributed by atoms with Gasteiger partial charge in [-0.2, -0.15) is 5.10 Å². The van der Waals surface area contributed by atoms with E-state index in [2.05, 4.69) is 10.1 Å². The van der Waals surface area contributed by atoms with Gasteiger partial charge in [-0.25, -0.2) is 9.50 Å². The summed E-state index contributed by atoms with van der Waals surface area (Å²) in [6.45, 7) is 2.59. The Morgan fingerprint density at radius 3 is 3.08 bits per heavy atom. The van der Waals surface area contributed by atoms with Crippen LogP contribution in [-0.2, 0) is 13.0 Å². The van der Waals surface area contributed by atoms with Gasteiger partial charge >= 0.3 is 0 Å². The summed E-state index contributed by atoms with van der Waals surface area (Å²) >= 11 is 0. The number of pyridine rings is 1. The fraction of sp³-hybridized carbons (Fsp3) is 0.333. The van der Waals surface area contributed by atoms with Crippen molar-refractivity contribution in [1.29, 1.82) is 0 Å². The minimum absolute atomic E-state index is 0.546. The van der Waals surface area contributed by atoms with Crippen molar-refractivity contribution in [2.24, 2.45) is 5.73 Å². The van der Waals surface area contributed by atoms with Crippen LogP contribution in [0, 0.1) is 0 Å². The molecule has 0 spiro atoms. The van der Waals surface area contributed by atoms with Gasteiger partial charge in [0.25, 0.3) is 0 Å². The standard InChI is InChI=1S/C9H12N4/c1-2-8-11-9-5-7(6-10)3-4-13(9)12-8/h3-5H,2,6,10H2,1H3. The molecule has 4 heteroatoms. The summed E-state index contributed by atoms with van der Waals surface area (Å²) in [5.74, 6) is 0.870. The molecule has 0 atom stereocenters. The second-order valence-corrected chi connectivity index (χ2v) is 2.92. The third-order valence-electron chi connectivity index (χ3n) is 2.00. The molecule has 0 aromatic carbocycles. The Bertz CT molecular complexity index is 416. The second-order valence-electron chi connectivity index (χ2n) is 2.92. The molecule has 4 nitrogen and oxygen atoms in total. The molecule has 2 aromatic heterocycles. The van der Waals surface area contributed by atoms with Crippen LogP contribution in [0.15, 0.2) is 18.3 Å². The Hall–Kier alpha value is -1.42. The van der Waals surface area contributed by atoms with Crippen LogP contribution in [0.4, 0.5) is 0 Å². The molecule has 2 N–H and O–H groups in total. The van der Waals surface area contributed by atoms with Gasteiger partial charge in [-0.3, -0.25) is 0 Å². The van der Waals surface area contributed by atoms with Crippen molar-refractivity contribution in [3.63, 3.8) is 0 Å². The first-order chi connectivity index (χ1) is 6.33. The molecule has 0 aliphatic rings. The van der Waals surface area contributed by atoms with Crippen molar-refractivity contribution in [3.05, 3.63) is 29.7 Å². The lowest BCUT2D eigenvalue weighted by atomic mass is 10.3. The van der Waals surface area contributed by atoms with E-state index in [9.17, 15) is 0 Å². The fourth-order valence-corrected chi connectivity index (χ4v) is 1.25. The highest BCUT2D eigenvalue weighted by atomic mass is 15.3. The van der Waals surface area contributed by atoms with Gasteiger partial charge in [0.1, 0.15) is 0 Å². The fourth-order valence-electron chi connectivity index (χ4n) is 1.25. The van der Waals surface area contributed by atoms with Crippen LogP contribution in [0.25, 0.3) is 5.65 Å². The minimum Gasteiger partial charge on any atom is -0.326 e. The van der Waals surface area contributed by atoms with Crippen molar-refractivity contribution in [3.8, 4) is 0 Å². The van der Waals surface area contributed by atoms with Crippen LogP contribution < -0.4 is 5.73 Å². The highest BCUT2D eigenvalue weighted by Gasteiger charge is 2.00. The zero-order valence-electron chi connectivity index (χ0n) is 7.57. The number of nitrogens with zero attached hydrogens (tertiary/aromatic N) is 3. The first-order valence-corrected chi connectivity index (χ1v) is 4.37. The predicted molar refractivity (Wildman–Crippen MR) is 50.3 cm³/mol. The molecule has 2 rings (SSSR count). The summed E-state index contributed by atoms with van der Waals surface area (Å²) in [5.41, 5.74) is 7.48. The lowest BCUT2D eigenvalue weighted by molar-refractivity contribution is 0.882. The van der Waals surface area contributed by atoms with Gasteiger partial charge in [0.2, 0.25) is 0 Å². The molecule has 0 fully saturated rings. The second kappa shape index (κ2) is 3.14. The molecule has 2 aromatic rings. The highest BCUT2D eigenvalue weighted by molar-refractivity contribution is 5.40. The van der Waals surface area contributed by atoms with Crippen molar-refractivity contribution < 1.29 is 0 Å². The third-order valence-corrected chi connectivity index (χ3v) is 2.00. The summed E-state index contributed by atoms with van der Waals surface area (Å²) in [4.78, 5) is 4.34. The SMILES string of the molecule is CCc1nc2cc(CN)ccn2n1. The van der Waals surface area contributed by atoms with Gasteiger partial charge in [-0.1, -0.05) is 6.92 Å². The van der Waals surface area contributed by atoms with Crippen molar-refractivity contribution in [2.45, 2.75) is 19.9 Å². The molecule has 0 aliphatic heterocycles. The van der Waals surface area contributed by atoms with Crippen LogP contribution in [0.3, 0.4) is 0 Å². The first kappa shape index (κ1) is 8.19. The van der Waals surface area contributed by atoms with Gasteiger partial charge in [0, 0.05) is 19.2 Å². The smallest absolute Gasteiger partial charge is 0.155 e. The van der Waals surface area contributed by atoms with Gasteiger partial charge < -0.3 is 5.73 Å². The molecule has 0 bridgehead atoms. The number of hydrogen-bond donors (Lipinski definition) is 1. The number of aryl methyl sites for hydroxylation is 1. The summed E-state index contributed by atoms with van der Waals surface area (Å²) in [6, 6.07) is 3.92. The van der Waals surface area contributed by atoms with Crippen LogP contribution in [0.1, 0.15) is 18.3 Å². The van der Waals surface area contributed by atoms with Crippen molar-refractivity contribution in [1.82, 2.24) is 14.6 Å². The van der Waals surface area contributed by atoms with Gasteiger partial charge in [0.15, 0.2) is 11.5 Å². The average Bonchev–Trinajstić information content (AvgIpc) is 2.58. The molecular weight excluding hydrogens is 164 g/mol. The number of fused-ring (bicyclic) bond motifs is 1. The average molecular weight is 176 g/mol. The molecular formula is C9H12N4. The minimum atomic E-state index is 0.546. The Labute approximate surface area is 76.4 Å². The predicted octanol–water partition coefficient (Wildman–Crippen LogP) is 0.750. The van der Waals surface area contributed by atoms with Crippen LogP contribution in [0.5, 0.6) is 0 Å². The molecule has 2 heterocycles.